The largest absolute Gasteiger partial charge is 0.497 e. The van der Waals surface area contributed by atoms with Crippen LogP contribution in [0.3, 0.4) is 0 Å². The first kappa shape index (κ1) is 19.4. The molecule has 0 atom stereocenters. The summed E-state index contributed by atoms with van der Waals surface area (Å²) < 4.78 is 10.1. The Hall–Kier alpha value is -3.32. The average molecular weight is 401 g/mol. The van der Waals surface area contributed by atoms with Crippen molar-refractivity contribution in [2.75, 3.05) is 23.9 Å². The third kappa shape index (κ3) is 3.70. The Bertz CT molecular complexity index is 969. The number of benzene rings is 2. The average Bonchev–Trinajstić information content (AvgIpc) is 2.92. The van der Waals surface area contributed by atoms with Gasteiger partial charge in [0, 0.05) is 11.8 Å². The first-order chi connectivity index (χ1) is 13.5. The van der Waals surface area contributed by atoms with Gasteiger partial charge in [0.15, 0.2) is 0 Å². The minimum absolute atomic E-state index is 0.0330. The number of carbonyl (C=O) groups excluding carboxylic acids is 3. The van der Waals surface area contributed by atoms with E-state index in [1.807, 2.05) is 0 Å². The van der Waals surface area contributed by atoms with Crippen molar-refractivity contribution < 1.29 is 23.9 Å². The molecule has 0 aliphatic carbocycles. The molecule has 0 fully saturated rings. The minimum atomic E-state index is -0.652. The van der Waals surface area contributed by atoms with Crippen molar-refractivity contribution in [2.24, 2.45) is 0 Å². The molecule has 1 aliphatic heterocycles. The third-order valence-corrected chi connectivity index (χ3v) is 4.35. The molecule has 0 aromatic heterocycles. The van der Waals surface area contributed by atoms with Crippen LogP contribution in [0.4, 0.5) is 11.4 Å². The van der Waals surface area contributed by atoms with Crippen LogP contribution in [0.15, 0.2) is 59.3 Å². The van der Waals surface area contributed by atoms with Gasteiger partial charge in [-0.15, -0.1) is 0 Å². The smallest absolute Gasteiger partial charge is 0.338 e. The van der Waals surface area contributed by atoms with Crippen LogP contribution in [-0.4, -0.2) is 31.5 Å². The van der Waals surface area contributed by atoms with E-state index in [1.54, 1.807) is 31.2 Å². The molecular weight excluding hydrogens is 384 g/mol. The van der Waals surface area contributed by atoms with Crippen LogP contribution in [0.1, 0.15) is 17.3 Å². The van der Waals surface area contributed by atoms with E-state index in [0.717, 1.165) is 4.90 Å². The van der Waals surface area contributed by atoms with Crippen LogP contribution in [0.5, 0.6) is 5.75 Å². The van der Waals surface area contributed by atoms with Crippen molar-refractivity contribution in [2.45, 2.75) is 6.92 Å². The Balaban J connectivity index is 1.83. The van der Waals surface area contributed by atoms with Crippen LogP contribution in [0.25, 0.3) is 0 Å². The summed E-state index contributed by atoms with van der Waals surface area (Å²) >= 11 is 6.11. The van der Waals surface area contributed by atoms with Crippen LogP contribution >= 0.6 is 11.6 Å². The summed E-state index contributed by atoms with van der Waals surface area (Å²) in [5.41, 5.74) is 1.13. The molecule has 1 aliphatic rings. The Labute approximate surface area is 166 Å². The number of amides is 2. The highest BCUT2D eigenvalue weighted by Crippen LogP contribution is 2.31. The summed E-state index contributed by atoms with van der Waals surface area (Å²) in [7, 11) is 1.53. The van der Waals surface area contributed by atoms with Gasteiger partial charge >= 0.3 is 5.97 Å². The quantitative estimate of drug-likeness (QED) is 0.591. The van der Waals surface area contributed by atoms with Gasteiger partial charge in [-0.2, -0.15) is 0 Å². The zero-order valence-corrected chi connectivity index (χ0v) is 15.9. The second kappa shape index (κ2) is 8.14. The van der Waals surface area contributed by atoms with E-state index in [1.165, 1.54) is 31.4 Å². The summed E-state index contributed by atoms with van der Waals surface area (Å²) in [5.74, 6) is -1.14. The van der Waals surface area contributed by atoms with Crippen molar-refractivity contribution in [3.63, 3.8) is 0 Å². The molecule has 0 bridgehead atoms. The molecule has 2 amide bonds. The van der Waals surface area contributed by atoms with E-state index in [4.69, 9.17) is 21.1 Å². The molecule has 2 aromatic rings. The number of nitrogens with one attached hydrogen (secondary N) is 1. The molecule has 144 valence electrons. The standard InChI is InChI=1S/C20H17ClN2O5/c1-3-28-20(26)12-7-9-14(10-8-12)23-18(24)16(21)17(19(23)25)22-13-5-4-6-15(11-13)27-2/h4-11,22H,3H2,1-2H3. The van der Waals surface area contributed by atoms with Crippen molar-refractivity contribution in [3.05, 3.63) is 64.8 Å². The molecule has 0 unspecified atom stereocenters. The van der Waals surface area contributed by atoms with E-state index < -0.39 is 17.8 Å². The van der Waals surface area contributed by atoms with Gasteiger partial charge in [-0.25, -0.2) is 9.69 Å². The Morgan fingerprint density at radius 3 is 2.46 bits per heavy atom. The van der Waals surface area contributed by atoms with Crippen LogP contribution in [-0.2, 0) is 14.3 Å². The normalized spacial score (nSPS) is 13.8. The summed E-state index contributed by atoms with van der Waals surface area (Å²) in [6.45, 7) is 1.96. The molecule has 1 N–H and O–H groups in total. The van der Waals surface area contributed by atoms with Crippen molar-refractivity contribution in [1.29, 1.82) is 0 Å². The predicted molar refractivity (Wildman–Crippen MR) is 104 cm³/mol. The van der Waals surface area contributed by atoms with Crippen molar-refractivity contribution in [3.8, 4) is 5.75 Å². The summed E-state index contributed by atoms with van der Waals surface area (Å²) in [4.78, 5) is 38.0. The second-order valence-electron chi connectivity index (χ2n) is 5.76. The maximum absolute atomic E-state index is 12.8. The lowest BCUT2D eigenvalue weighted by Crippen LogP contribution is -2.32. The number of hydrogen-bond donors (Lipinski definition) is 1. The highest BCUT2D eigenvalue weighted by Gasteiger charge is 2.39. The van der Waals surface area contributed by atoms with Crippen LogP contribution < -0.4 is 15.0 Å². The second-order valence-corrected chi connectivity index (χ2v) is 6.14. The van der Waals surface area contributed by atoms with Crippen LogP contribution in [0, 0.1) is 0 Å². The number of imide groups is 1. The molecular formula is C20H17ClN2O5. The molecule has 1 heterocycles. The zero-order chi connectivity index (χ0) is 20.3. The first-order valence-electron chi connectivity index (χ1n) is 8.43. The van der Waals surface area contributed by atoms with Gasteiger partial charge in [0.1, 0.15) is 16.5 Å². The van der Waals surface area contributed by atoms with Gasteiger partial charge in [-0.1, -0.05) is 17.7 Å². The summed E-state index contributed by atoms with van der Waals surface area (Å²) in [6.07, 6.45) is 0. The van der Waals surface area contributed by atoms with E-state index in [-0.39, 0.29) is 17.3 Å². The van der Waals surface area contributed by atoms with E-state index in [2.05, 4.69) is 5.32 Å². The number of esters is 1. The Morgan fingerprint density at radius 1 is 1.11 bits per heavy atom. The maximum Gasteiger partial charge on any atom is 0.338 e. The SMILES string of the molecule is CCOC(=O)c1ccc(N2C(=O)C(Cl)=C(Nc3cccc(OC)c3)C2=O)cc1. The van der Waals surface area contributed by atoms with Gasteiger partial charge in [-0.3, -0.25) is 9.59 Å². The summed E-state index contributed by atoms with van der Waals surface area (Å²) in [5, 5.41) is 2.65. The lowest BCUT2D eigenvalue weighted by Gasteiger charge is -2.15. The fourth-order valence-corrected chi connectivity index (χ4v) is 2.86. The molecule has 0 saturated heterocycles. The predicted octanol–water partition coefficient (Wildman–Crippen LogP) is 3.31. The molecule has 3 rings (SSSR count). The lowest BCUT2D eigenvalue weighted by molar-refractivity contribution is -0.120. The fraction of sp³-hybridized carbons (Fsp3) is 0.150. The first-order valence-corrected chi connectivity index (χ1v) is 8.81. The number of ether oxygens (including phenoxy) is 2. The highest BCUT2D eigenvalue weighted by atomic mass is 35.5. The molecule has 2 aromatic carbocycles. The molecule has 0 spiro atoms. The number of hydrogen-bond acceptors (Lipinski definition) is 6. The lowest BCUT2D eigenvalue weighted by atomic mass is 10.2. The zero-order valence-electron chi connectivity index (χ0n) is 15.2. The number of nitrogens with zero attached hydrogens (tertiary/aromatic N) is 1. The monoisotopic (exact) mass is 400 g/mol. The number of rotatable bonds is 6. The molecule has 0 saturated carbocycles. The highest BCUT2D eigenvalue weighted by molar-refractivity contribution is 6.53. The van der Waals surface area contributed by atoms with Gasteiger partial charge in [-0.05, 0) is 43.3 Å². The van der Waals surface area contributed by atoms with Crippen molar-refractivity contribution >= 4 is 40.8 Å². The number of methoxy groups -OCH3 is 1. The number of anilines is 2. The Morgan fingerprint density at radius 2 is 1.82 bits per heavy atom. The number of carbonyl (C=O) groups is 3. The van der Waals surface area contributed by atoms with E-state index in [9.17, 15) is 14.4 Å². The van der Waals surface area contributed by atoms with Crippen molar-refractivity contribution in [1.82, 2.24) is 0 Å². The van der Waals surface area contributed by atoms with Gasteiger partial charge in [0.05, 0.1) is 25.0 Å². The van der Waals surface area contributed by atoms with E-state index in [0.29, 0.717) is 22.7 Å². The summed E-state index contributed by atoms with van der Waals surface area (Å²) in [6, 6.07) is 12.8. The molecule has 28 heavy (non-hydrogen) atoms. The molecule has 7 nitrogen and oxygen atoms in total. The van der Waals surface area contributed by atoms with Gasteiger partial charge in [0.25, 0.3) is 11.8 Å². The molecule has 0 radical (unpaired) electrons. The minimum Gasteiger partial charge on any atom is -0.497 e. The number of halogens is 1. The van der Waals surface area contributed by atoms with Crippen LogP contribution in [0.2, 0.25) is 0 Å². The Kier molecular flexibility index (Phi) is 5.65. The topological polar surface area (TPSA) is 84.9 Å². The maximum atomic E-state index is 12.8. The van der Waals surface area contributed by atoms with Gasteiger partial charge in [0.2, 0.25) is 0 Å². The third-order valence-electron chi connectivity index (χ3n) is 4.00. The van der Waals surface area contributed by atoms with E-state index >= 15 is 0 Å². The fourth-order valence-electron chi connectivity index (χ4n) is 2.65. The van der Waals surface area contributed by atoms with Gasteiger partial charge < -0.3 is 14.8 Å². The molecule has 8 heteroatoms.